The highest BCUT2D eigenvalue weighted by Crippen LogP contribution is 2.28. The molecule has 0 spiro atoms. The van der Waals surface area contributed by atoms with Gasteiger partial charge in [0.2, 0.25) is 0 Å². The first-order valence-corrected chi connectivity index (χ1v) is 13.7. The summed E-state index contributed by atoms with van der Waals surface area (Å²) in [6, 6.07) is 14.5. The molecule has 3 aromatic rings. The van der Waals surface area contributed by atoms with E-state index in [0.29, 0.717) is 20.1 Å². The molecule has 0 amide bonds. The molecule has 0 saturated carbocycles. The first-order valence-electron chi connectivity index (χ1n) is 12.1. The highest BCUT2D eigenvalue weighted by atomic mass is 79.9. The molecule has 0 bridgehead atoms. The molecule has 2 aromatic heterocycles. The van der Waals surface area contributed by atoms with Crippen molar-refractivity contribution in [1.82, 2.24) is 9.97 Å². The van der Waals surface area contributed by atoms with Gasteiger partial charge in [0.05, 0.1) is 22.8 Å². The minimum Gasteiger partial charge on any atom is -0.399 e. The molecule has 2 aliphatic carbocycles. The second-order valence-electron chi connectivity index (χ2n) is 7.83. The molecule has 8 N–H and O–H groups in total. The Kier molecular flexibility index (Phi) is 12.7. The van der Waals surface area contributed by atoms with Crippen molar-refractivity contribution in [3.63, 3.8) is 0 Å². The van der Waals surface area contributed by atoms with Crippen molar-refractivity contribution in [2.45, 2.75) is 13.8 Å². The average Bonchev–Trinajstić information content (AvgIpc) is 2.98. The summed E-state index contributed by atoms with van der Waals surface area (Å²) in [7, 11) is 0. The molecule has 0 radical (unpaired) electrons. The summed E-state index contributed by atoms with van der Waals surface area (Å²) in [4.78, 5) is 7.53. The fourth-order valence-corrected chi connectivity index (χ4v) is 3.85. The molecule has 0 atom stereocenters. The SMILES string of the molecule is CC.N=C1C(=N)C(c2ccc(C3=CC=C(Br)C(=N)C3=N)cc2)=CC=C1Br.Nc1ccncc1.Nc1ccncc1. The van der Waals surface area contributed by atoms with Crippen molar-refractivity contribution < 1.29 is 0 Å². The summed E-state index contributed by atoms with van der Waals surface area (Å²) < 4.78 is 1.20. The molecule has 0 saturated heterocycles. The van der Waals surface area contributed by atoms with Crippen LogP contribution in [0.25, 0.3) is 11.1 Å². The molecule has 10 heteroatoms. The van der Waals surface area contributed by atoms with E-state index in [1.54, 1.807) is 61.2 Å². The van der Waals surface area contributed by atoms with Crippen LogP contribution in [0.4, 0.5) is 11.4 Å². The molecular formula is C30H30Br2N8. The maximum absolute atomic E-state index is 8.10. The molecular weight excluding hydrogens is 632 g/mol. The second kappa shape index (κ2) is 16.0. The Labute approximate surface area is 250 Å². The monoisotopic (exact) mass is 660 g/mol. The lowest BCUT2D eigenvalue weighted by Crippen LogP contribution is -2.17. The molecule has 5 rings (SSSR count). The van der Waals surface area contributed by atoms with E-state index < -0.39 is 0 Å². The summed E-state index contributed by atoms with van der Waals surface area (Å²) in [6.07, 6.45) is 13.8. The van der Waals surface area contributed by atoms with Gasteiger partial charge in [0.25, 0.3) is 0 Å². The molecule has 40 heavy (non-hydrogen) atoms. The molecule has 8 nitrogen and oxygen atoms in total. The van der Waals surface area contributed by atoms with E-state index >= 15 is 0 Å². The van der Waals surface area contributed by atoms with Gasteiger partial charge in [-0.25, -0.2) is 0 Å². The molecule has 0 aliphatic heterocycles. The first kappa shape index (κ1) is 31.9. The largest absolute Gasteiger partial charge is 0.399 e. The Bertz CT molecular complexity index is 1370. The highest BCUT2D eigenvalue weighted by molar-refractivity contribution is 9.12. The Morgan fingerprint density at radius 1 is 0.500 bits per heavy atom. The van der Waals surface area contributed by atoms with Crippen LogP contribution in [-0.4, -0.2) is 32.8 Å². The number of allylic oxidation sites excluding steroid dienone is 8. The number of pyridine rings is 2. The first-order chi connectivity index (χ1) is 19.2. The smallest absolute Gasteiger partial charge is 0.0937 e. The Hall–Kier alpha value is -4.28. The van der Waals surface area contributed by atoms with Gasteiger partial charge in [-0.05, 0) is 79.4 Å². The summed E-state index contributed by atoms with van der Waals surface area (Å²) in [5.74, 6) is 0. The third kappa shape index (κ3) is 8.89. The average molecular weight is 662 g/mol. The van der Waals surface area contributed by atoms with Crippen molar-refractivity contribution in [2.75, 3.05) is 11.5 Å². The lowest BCUT2D eigenvalue weighted by molar-refractivity contribution is 1.33. The normalized spacial score (nSPS) is 14.0. The molecule has 0 fully saturated rings. The van der Waals surface area contributed by atoms with E-state index in [1.807, 2.05) is 50.3 Å². The van der Waals surface area contributed by atoms with Gasteiger partial charge in [-0.3, -0.25) is 31.6 Å². The zero-order valence-corrected chi connectivity index (χ0v) is 25.2. The molecule has 2 heterocycles. The predicted molar refractivity (Wildman–Crippen MR) is 176 cm³/mol. The van der Waals surface area contributed by atoms with E-state index in [2.05, 4.69) is 41.8 Å². The number of hydrogen-bond donors (Lipinski definition) is 6. The quantitative estimate of drug-likeness (QED) is 0.156. The molecule has 1 aromatic carbocycles. The van der Waals surface area contributed by atoms with Crippen molar-refractivity contribution in [3.8, 4) is 0 Å². The number of anilines is 2. The van der Waals surface area contributed by atoms with Crippen molar-refractivity contribution in [3.05, 3.63) is 118 Å². The molecule has 0 unspecified atom stereocenters. The van der Waals surface area contributed by atoms with Gasteiger partial charge in [-0.15, -0.1) is 0 Å². The van der Waals surface area contributed by atoms with Crippen LogP contribution in [0.1, 0.15) is 25.0 Å². The van der Waals surface area contributed by atoms with Crippen LogP contribution in [0.15, 0.2) is 107 Å². The van der Waals surface area contributed by atoms with E-state index in [4.69, 9.17) is 33.1 Å². The lowest BCUT2D eigenvalue weighted by Gasteiger charge is -2.16. The van der Waals surface area contributed by atoms with Crippen LogP contribution in [0, 0.1) is 21.6 Å². The minimum atomic E-state index is 0.164. The zero-order chi connectivity index (χ0) is 29.7. The van der Waals surface area contributed by atoms with Crippen molar-refractivity contribution in [2.24, 2.45) is 0 Å². The van der Waals surface area contributed by atoms with Gasteiger partial charge in [0.15, 0.2) is 0 Å². The van der Waals surface area contributed by atoms with Gasteiger partial charge in [-0.2, -0.15) is 0 Å². The Balaban J connectivity index is 0.000000284. The second-order valence-corrected chi connectivity index (χ2v) is 9.54. The lowest BCUT2D eigenvalue weighted by atomic mass is 9.90. The standard InChI is InChI=1S/C18H12Br2N4.2C5H6N2.C2H6/c19-13-7-5-11(15(21)17(13)23)9-1-2-10(4-3-9)12-6-8-14(20)18(24)16(12)22;2*6-5-1-3-7-4-2-5;1-2/h1-8,21-24H;2*1-4H,(H2,6,7);1-2H3. The van der Waals surface area contributed by atoms with Crippen molar-refractivity contribution >= 4 is 77.2 Å². The fraction of sp³-hybridized carbons (Fsp3) is 0.0667. The van der Waals surface area contributed by atoms with Crippen LogP contribution in [0.3, 0.4) is 0 Å². The van der Waals surface area contributed by atoms with Gasteiger partial charge in [0.1, 0.15) is 0 Å². The number of nitrogens with one attached hydrogen (secondary N) is 4. The number of rotatable bonds is 2. The maximum Gasteiger partial charge on any atom is 0.0937 e. The van der Waals surface area contributed by atoms with Crippen molar-refractivity contribution in [1.29, 1.82) is 21.6 Å². The van der Waals surface area contributed by atoms with Crippen LogP contribution in [0.2, 0.25) is 0 Å². The topological polar surface area (TPSA) is 173 Å². The van der Waals surface area contributed by atoms with Crippen LogP contribution < -0.4 is 11.5 Å². The Morgan fingerprint density at radius 2 is 0.800 bits per heavy atom. The maximum atomic E-state index is 8.10. The number of benzene rings is 1. The Morgan fingerprint density at radius 3 is 1.05 bits per heavy atom. The fourth-order valence-electron chi connectivity index (χ4n) is 3.19. The summed E-state index contributed by atoms with van der Waals surface area (Å²) in [5, 5.41) is 32.0. The third-order valence-electron chi connectivity index (χ3n) is 5.23. The number of nitrogens with two attached hydrogens (primary N) is 2. The van der Waals surface area contributed by atoms with Crippen LogP contribution in [0.5, 0.6) is 0 Å². The van der Waals surface area contributed by atoms with Gasteiger partial charge in [-0.1, -0.05) is 50.3 Å². The number of aromatic nitrogens is 2. The summed E-state index contributed by atoms with van der Waals surface area (Å²) in [5.41, 5.74) is 15.9. The predicted octanol–water partition coefficient (Wildman–Crippen LogP) is 7.47. The summed E-state index contributed by atoms with van der Waals surface area (Å²) in [6.45, 7) is 4.00. The van der Waals surface area contributed by atoms with E-state index in [0.717, 1.165) is 22.5 Å². The van der Waals surface area contributed by atoms with Gasteiger partial charge >= 0.3 is 0 Å². The summed E-state index contributed by atoms with van der Waals surface area (Å²) >= 11 is 6.53. The van der Waals surface area contributed by atoms with Crippen LogP contribution in [-0.2, 0) is 0 Å². The van der Waals surface area contributed by atoms with Gasteiger partial charge in [0, 0.05) is 56.3 Å². The number of hydrogen-bond acceptors (Lipinski definition) is 8. The molecule has 2 aliphatic rings. The van der Waals surface area contributed by atoms with E-state index in [1.165, 1.54) is 0 Å². The highest BCUT2D eigenvalue weighted by Gasteiger charge is 2.21. The zero-order valence-electron chi connectivity index (χ0n) is 22.0. The van der Waals surface area contributed by atoms with Crippen LogP contribution >= 0.6 is 31.9 Å². The van der Waals surface area contributed by atoms with E-state index in [9.17, 15) is 0 Å². The number of nitrogens with zero attached hydrogens (tertiary/aromatic N) is 2. The minimum absolute atomic E-state index is 0.164. The number of nitrogen functional groups attached to an aromatic ring is 2. The third-order valence-corrected chi connectivity index (χ3v) is 6.55. The van der Waals surface area contributed by atoms with Gasteiger partial charge < -0.3 is 11.5 Å². The number of halogens is 2. The van der Waals surface area contributed by atoms with E-state index in [-0.39, 0.29) is 22.8 Å². The molecule has 204 valence electrons.